The minimum atomic E-state index is -0.553. The highest BCUT2D eigenvalue weighted by atomic mass is 19.1. The number of nitrogens with zero attached hydrogens (tertiary/aromatic N) is 4. The van der Waals surface area contributed by atoms with Gasteiger partial charge in [0.2, 0.25) is 0 Å². The van der Waals surface area contributed by atoms with E-state index in [9.17, 15) is 28.7 Å². The van der Waals surface area contributed by atoms with Gasteiger partial charge in [-0.05, 0) is 100 Å². The minimum absolute atomic E-state index is 0.0259. The summed E-state index contributed by atoms with van der Waals surface area (Å²) in [6, 6.07) is 9.58. The Labute approximate surface area is 321 Å². The lowest BCUT2D eigenvalue weighted by atomic mass is 10.1. The van der Waals surface area contributed by atoms with Crippen molar-refractivity contribution in [3.05, 3.63) is 53.3 Å². The molecule has 2 aromatic carbocycles. The van der Waals surface area contributed by atoms with Crippen molar-refractivity contribution in [1.82, 2.24) is 20.0 Å². The van der Waals surface area contributed by atoms with Gasteiger partial charge < -0.3 is 39.7 Å². The number of nitrogens with one attached hydrogen (secondary N) is 1. The quantitative estimate of drug-likeness (QED) is 0.275. The maximum Gasteiger partial charge on any atom is 0.410 e. The Hall–Kier alpha value is -4.43. The van der Waals surface area contributed by atoms with Gasteiger partial charge in [0, 0.05) is 82.3 Å². The molecule has 2 heterocycles. The highest BCUT2D eigenvalue weighted by Crippen LogP contribution is 2.25. The predicted molar refractivity (Wildman–Crippen MR) is 210 cm³/mol. The number of hydrogen-bond acceptors (Lipinski definition) is 11. The molecule has 54 heavy (non-hydrogen) atoms. The van der Waals surface area contributed by atoms with Gasteiger partial charge in [0.25, 0.3) is 0 Å². The average Bonchev–Trinajstić information content (AvgIpc) is 3.08. The van der Waals surface area contributed by atoms with Crippen LogP contribution in [-0.4, -0.2) is 132 Å². The highest BCUT2D eigenvalue weighted by molar-refractivity contribution is 5.80. The second kappa shape index (κ2) is 22.7. The van der Waals surface area contributed by atoms with Gasteiger partial charge in [-0.3, -0.25) is 14.5 Å². The molecule has 2 aliphatic rings. The van der Waals surface area contributed by atoms with E-state index in [4.69, 9.17) is 14.6 Å². The lowest BCUT2D eigenvalue weighted by Crippen LogP contribution is -2.50. The zero-order chi connectivity index (χ0) is 41.2. The van der Waals surface area contributed by atoms with E-state index in [0.29, 0.717) is 50.8 Å². The summed E-state index contributed by atoms with van der Waals surface area (Å²) in [4.78, 5) is 52.2. The Kier molecular flexibility index (Phi) is 20.0. The number of amides is 2. The maximum atomic E-state index is 12.2. The zero-order valence-electron chi connectivity index (χ0n) is 34.1. The molecule has 2 aromatic rings. The molecule has 0 spiro atoms. The lowest BCUT2D eigenvalue weighted by molar-refractivity contribution is 0.0223. The minimum Gasteiger partial charge on any atom is -0.507 e. The number of hydrogen-bond donors (Lipinski definition) is 3. The van der Waals surface area contributed by atoms with E-state index < -0.39 is 11.4 Å². The molecule has 0 atom stereocenters. The fourth-order valence-corrected chi connectivity index (χ4v) is 5.42. The molecule has 0 bridgehead atoms. The summed E-state index contributed by atoms with van der Waals surface area (Å²) in [5, 5.41) is 21.8. The first-order chi connectivity index (χ1) is 25.1. The number of piperazine rings is 2. The third-order valence-corrected chi connectivity index (χ3v) is 8.02. The van der Waals surface area contributed by atoms with Gasteiger partial charge in [0.05, 0.1) is 11.1 Å². The smallest absolute Gasteiger partial charge is 0.410 e. The van der Waals surface area contributed by atoms with Crippen LogP contribution in [0.4, 0.5) is 19.7 Å². The molecule has 3 N–H and O–H groups in total. The average molecular weight is 762 g/mol. The molecular formula is C40H64FN5O8. The number of carbonyl (C=O) groups is 4. The number of phenolic OH excluding ortho intramolecular Hbond substituents is 2. The van der Waals surface area contributed by atoms with Crippen molar-refractivity contribution < 1.29 is 43.3 Å². The van der Waals surface area contributed by atoms with Crippen LogP contribution in [0.3, 0.4) is 0 Å². The van der Waals surface area contributed by atoms with Crippen LogP contribution in [0.5, 0.6) is 11.5 Å². The number of carbonyl (C=O) groups excluding carboxylic acids is 4. The van der Waals surface area contributed by atoms with Crippen molar-refractivity contribution in [2.45, 2.75) is 99.4 Å². The summed E-state index contributed by atoms with van der Waals surface area (Å²) < 4.78 is 22.8. The van der Waals surface area contributed by atoms with Crippen molar-refractivity contribution in [2.24, 2.45) is 0 Å². The summed E-state index contributed by atoms with van der Waals surface area (Å²) in [5.74, 6) is -0.903. The van der Waals surface area contributed by atoms with Crippen LogP contribution in [-0.2, 0) is 9.47 Å². The van der Waals surface area contributed by atoms with Crippen LogP contribution >= 0.6 is 0 Å². The Bertz CT molecular complexity index is 1450. The predicted octanol–water partition coefficient (Wildman–Crippen LogP) is 6.56. The van der Waals surface area contributed by atoms with Gasteiger partial charge in [-0.2, -0.15) is 0 Å². The first-order valence-electron chi connectivity index (χ1n) is 18.5. The molecule has 0 radical (unpaired) electrons. The van der Waals surface area contributed by atoms with Crippen molar-refractivity contribution in [2.75, 3.05) is 63.8 Å². The molecule has 4 rings (SSSR count). The number of phenols is 2. The van der Waals surface area contributed by atoms with E-state index in [1.165, 1.54) is 6.07 Å². The van der Waals surface area contributed by atoms with Crippen LogP contribution in [0.2, 0.25) is 0 Å². The largest absolute Gasteiger partial charge is 0.507 e. The summed E-state index contributed by atoms with van der Waals surface area (Å²) >= 11 is 0. The SMILES string of the molecule is CC(C)(C)OC(=O)N1CCN(c2ccc(C=O)c(O)c2)CC1.CC(C)(C)OC(=O)N1CCNCC1.CCN(C(C)C)C(C)C.O=Cc1ccc(F)cc1O. The fraction of sp³-hybridized carbons (Fsp3) is 0.600. The summed E-state index contributed by atoms with van der Waals surface area (Å²) in [7, 11) is 0. The first kappa shape index (κ1) is 47.6. The number of rotatable bonds is 6. The van der Waals surface area contributed by atoms with Gasteiger partial charge in [-0.15, -0.1) is 0 Å². The monoisotopic (exact) mass is 761 g/mol. The molecular weight excluding hydrogens is 697 g/mol. The van der Waals surface area contributed by atoms with Crippen LogP contribution in [0.25, 0.3) is 0 Å². The second-order valence-electron chi connectivity index (χ2n) is 15.4. The van der Waals surface area contributed by atoms with Crippen molar-refractivity contribution in [3.63, 3.8) is 0 Å². The Balaban J connectivity index is 0.000000389. The molecule has 0 aromatic heterocycles. The number of benzene rings is 2. The molecule has 13 nitrogen and oxygen atoms in total. The molecule has 2 amide bonds. The van der Waals surface area contributed by atoms with E-state index in [1.54, 1.807) is 28.0 Å². The topological polar surface area (TPSA) is 152 Å². The van der Waals surface area contributed by atoms with Gasteiger partial charge in [0.15, 0.2) is 12.6 Å². The van der Waals surface area contributed by atoms with Gasteiger partial charge >= 0.3 is 12.2 Å². The lowest BCUT2D eigenvalue weighted by Gasteiger charge is -2.36. The second-order valence-corrected chi connectivity index (χ2v) is 15.4. The van der Waals surface area contributed by atoms with E-state index >= 15 is 0 Å². The fourth-order valence-electron chi connectivity index (χ4n) is 5.42. The Morgan fingerprint density at radius 3 is 1.54 bits per heavy atom. The number of anilines is 1. The van der Waals surface area contributed by atoms with Gasteiger partial charge in [0.1, 0.15) is 28.5 Å². The number of aldehydes is 2. The summed E-state index contributed by atoms with van der Waals surface area (Å²) in [5.41, 5.74) is 0.330. The highest BCUT2D eigenvalue weighted by Gasteiger charge is 2.26. The molecule has 0 unspecified atom stereocenters. The molecule has 2 aliphatic heterocycles. The van der Waals surface area contributed by atoms with Crippen molar-refractivity contribution in [1.29, 1.82) is 0 Å². The number of ether oxygens (including phenoxy) is 2. The van der Waals surface area contributed by atoms with Crippen LogP contribution < -0.4 is 10.2 Å². The van der Waals surface area contributed by atoms with E-state index in [-0.39, 0.29) is 40.4 Å². The van der Waals surface area contributed by atoms with Crippen molar-refractivity contribution in [3.8, 4) is 11.5 Å². The number of aromatic hydroxyl groups is 2. The standard InChI is InChI=1S/C16H22N2O4.C9H18N2O2.C8H19N.C7H5FO2/c1-16(2,3)22-15(21)18-8-6-17(7-9-18)13-5-4-12(11-19)14(20)10-13;1-9(2,3)13-8(12)11-6-4-10-5-7-11;1-6-9(7(2)3)8(4)5;8-6-2-1-5(4-9)7(10)3-6/h4-5,10-11,20H,6-9H2,1-3H3;10H,4-7H2,1-3H3;7-8H,6H2,1-5H3;1-4,10H. The maximum absolute atomic E-state index is 12.2. The molecule has 0 aliphatic carbocycles. The number of halogens is 1. The summed E-state index contributed by atoms with van der Waals surface area (Å²) in [6.45, 7) is 29.1. The zero-order valence-corrected chi connectivity index (χ0v) is 34.1. The van der Waals surface area contributed by atoms with E-state index in [1.807, 2.05) is 41.5 Å². The Morgan fingerprint density at radius 2 is 1.19 bits per heavy atom. The molecule has 0 saturated carbocycles. The molecule has 304 valence electrons. The third-order valence-electron chi connectivity index (χ3n) is 8.02. The van der Waals surface area contributed by atoms with Gasteiger partial charge in [-0.1, -0.05) is 6.92 Å². The molecule has 14 heteroatoms. The van der Waals surface area contributed by atoms with Gasteiger partial charge in [-0.25, -0.2) is 14.0 Å². The van der Waals surface area contributed by atoms with Crippen LogP contribution in [0.15, 0.2) is 36.4 Å². The van der Waals surface area contributed by atoms with Crippen LogP contribution in [0, 0.1) is 5.82 Å². The van der Waals surface area contributed by atoms with Crippen LogP contribution in [0.1, 0.15) is 96.9 Å². The first-order valence-corrected chi connectivity index (χ1v) is 18.5. The van der Waals surface area contributed by atoms with E-state index in [0.717, 1.165) is 50.5 Å². The molecule has 2 fully saturated rings. The molecule has 2 saturated heterocycles. The summed E-state index contributed by atoms with van der Waals surface area (Å²) in [6.07, 6.45) is 0.592. The normalized spacial score (nSPS) is 14.5. The van der Waals surface area contributed by atoms with Crippen molar-refractivity contribution >= 4 is 30.4 Å². The Morgan fingerprint density at radius 1 is 0.759 bits per heavy atom. The van der Waals surface area contributed by atoms with E-state index in [2.05, 4.69) is 49.7 Å². The third kappa shape index (κ3) is 18.1.